The monoisotopic (exact) mass is 342 g/mol. The van der Waals surface area contributed by atoms with Crippen LogP contribution in [0.4, 0.5) is 8.78 Å². The lowest BCUT2D eigenvalue weighted by Gasteiger charge is -2.13. The Hall–Kier alpha value is -3.20. The lowest BCUT2D eigenvalue weighted by molar-refractivity contribution is -0.117. The summed E-state index contributed by atoms with van der Waals surface area (Å²) in [5.41, 5.74) is 1.37. The van der Waals surface area contributed by atoms with E-state index in [1.54, 1.807) is 0 Å². The number of nitrogens with one attached hydrogen (secondary N) is 1. The fourth-order valence-electron chi connectivity index (χ4n) is 2.16. The minimum absolute atomic E-state index is 0.00723. The zero-order valence-electron chi connectivity index (χ0n) is 13.4. The molecule has 1 N–H and O–H groups in total. The van der Waals surface area contributed by atoms with Crippen LogP contribution in [0.2, 0.25) is 0 Å². The number of nitrogens with zero attached hydrogens (tertiary/aromatic N) is 1. The molecule has 0 radical (unpaired) electrons. The Morgan fingerprint density at radius 1 is 1.16 bits per heavy atom. The highest BCUT2D eigenvalue weighted by Gasteiger charge is 2.13. The molecule has 1 amide bonds. The molecule has 0 heterocycles. The average Bonchev–Trinajstić information content (AvgIpc) is 2.61. The molecular weight excluding hydrogens is 326 g/mol. The minimum atomic E-state index is -2.90. The number of benzene rings is 2. The Bertz CT molecular complexity index is 781. The molecule has 0 saturated heterocycles. The summed E-state index contributed by atoms with van der Waals surface area (Å²) in [4.78, 5) is 12.2. The van der Waals surface area contributed by atoms with Gasteiger partial charge in [-0.15, -0.1) is 0 Å². The van der Waals surface area contributed by atoms with Crippen LogP contribution in [0.3, 0.4) is 0 Å². The molecule has 0 aromatic heterocycles. The third-order valence-corrected chi connectivity index (χ3v) is 3.43. The van der Waals surface area contributed by atoms with Crippen LogP contribution in [-0.2, 0) is 4.79 Å². The van der Waals surface area contributed by atoms with Gasteiger partial charge in [0, 0.05) is 0 Å². The average molecular weight is 342 g/mol. The van der Waals surface area contributed by atoms with Crippen LogP contribution < -0.4 is 10.1 Å². The molecule has 0 saturated carbocycles. The summed E-state index contributed by atoms with van der Waals surface area (Å²) in [6.45, 7) is -1.08. The van der Waals surface area contributed by atoms with Crippen molar-refractivity contribution >= 4 is 12.0 Å². The number of halogens is 2. The summed E-state index contributed by atoms with van der Waals surface area (Å²) in [5, 5.41) is 12.0. The van der Waals surface area contributed by atoms with Crippen molar-refractivity contribution in [2.75, 3.05) is 0 Å². The molecule has 2 aromatic carbocycles. The Balaban J connectivity index is 2.09. The molecule has 0 spiro atoms. The molecule has 2 aromatic rings. The third-order valence-electron chi connectivity index (χ3n) is 3.43. The SMILES string of the molecule is C[C@@H](NC(=O)/C(C#N)=C/c1ccc(OC(F)F)cc1)c1ccccc1. The molecule has 0 aliphatic carbocycles. The first-order chi connectivity index (χ1) is 12.0. The van der Waals surface area contributed by atoms with Crippen molar-refractivity contribution in [2.45, 2.75) is 19.6 Å². The maximum atomic E-state index is 12.2. The maximum Gasteiger partial charge on any atom is 0.387 e. The van der Waals surface area contributed by atoms with Crippen molar-refractivity contribution in [2.24, 2.45) is 0 Å². The van der Waals surface area contributed by atoms with Crippen molar-refractivity contribution in [1.82, 2.24) is 5.32 Å². The minimum Gasteiger partial charge on any atom is -0.435 e. The molecule has 0 bridgehead atoms. The Morgan fingerprint density at radius 2 is 1.80 bits per heavy atom. The number of ether oxygens (including phenoxy) is 1. The van der Waals surface area contributed by atoms with Crippen LogP contribution in [0.25, 0.3) is 6.08 Å². The van der Waals surface area contributed by atoms with E-state index >= 15 is 0 Å². The van der Waals surface area contributed by atoms with E-state index in [-0.39, 0.29) is 17.4 Å². The second-order valence-corrected chi connectivity index (χ2v) is 5.22. The van der Waals surface area contributed by atoms with Crippen LogP contribution in [0.15, 0.2) is 60.2 Å². The third kappa shape index (κ3) is 5.43. The predicted octanol–water partition coefficient (Wildman–Crippen LogP) is 4.07. The molecule has 0 unspecified atom stereocenters. The Morgan fingerprint density at radius 3 is 2.36 bits per heavy atom. The van der Waals surface area contributed by atoms with Crippen LogP contribution in [-0.4, -0.2) is 12.5 Å². The number of nitriles is 1. The zero-order chi connectivity index (χ0) is 18.2. The summed E-state index contributed by atoms with van der Waals surface area (Å²) in [6, 6.07) is 16.6. The topological polar surface area (TPSA) is 62.1 Å². The van der Waals surface area contributed by atoms with Gasteiger partial charge < -0.3 is 10.1 Å². The van der Waals surface area contributed by atoms with Crippen molar-refractivity contribution in [3.63, 3.8) is 0 Å². The zero-order valence-corrected chi connectivity index (χ0v) is 13.4. The summed E-state index contributed by atoms with van der Waals surface area (Å²) in [6.07, 6.45) is 1.39. The van der Waals surface area contributed by atoms with Crippen molar-refractivity contribution in [3.05, 3.63) is 71.3 Å². The van der Waals surface area contributed by atoms with Gasteiger partial charge in [0.2, 0.25) is 0 Å². The molecule has 0 fully saturated rings. The molecule has 1 atom stereocenters. The molecule has 0 aliphatic rings. The van der Waals surface area contributed by atoms with Crippen molar-refractivity contribution in [1.29, 1.82) is 5.26 Å². The maximum absolute atomic E-state index is 12.2. The fourth-order valence-corrected chi connectivity index (χ4v) is 2.16. The summed E-state index contributed by atoms with van der Waals surface area (Å²) in [5.74, 6) is -0.500. The molecule has 6 heteroatoms. The smallest absolute Gasteiger partial charge is 0.387 e. The van der Waals surface area contributed by atoms with E-state index in [0.29, 0.717) is 5.56 Å². The van der Waals surface area contributed by atoms with Gasteiger partial charge in [0.1, 0.15) is 17.4 Å². The second-order valence-electron chi connectivity index (χ2n) is 5.22. The lowest BCUT2D eigenvalue weighted by Crippen LogP contribution is -2.27. The van der Waals surface area contributed by atoms with Crippen molar-refractivity contribution < 1.29 is 18.3 Å². The van der Waals surface area contributed by atoms with Crippen LogP contribution in [0.1, 0.15) is 24.1 Å². The molecule has 25 heavy (non-hydrogen) atoms. The van der Waals surface area contributed by atoms with E-state index in [1.807, 2.05) is 43.3 Å². The first-order valence-electron chi connectivity index (χ1n) is 7.52. The van der Waals surface area contributed by atoms with Gasteiger partial charge >= 0.3 is 6.61 Å². The van der Waals surface area contributed by atoms with Crippen molar-refractivity contribution in [3.8, 4) is 11.8 Å². The highest BCUT2D eigenvalue weighted by molar-refractivity contribution is 6.01. The standard InChI is InChI=1S/C19H16F2N2O2/c1-13(15-5-3-2-4-6-15)23-18(24)16(12-22)11-14-7-9-17(10-8-14)25-19(20)21/h2-11,13,19H,1H3,(H,23,24)/b16-11+/t13-/m1/s1. The molecule has 128 valence electrons. The quantitative estimate of drug-likeness (QED) is 0.636. The van der Waals surface area contributed by atoms with E-state index in [4.69, 9.17) is 0 Å². The lowest BCUT2D eigenvalue weighted by atomic mass is 10.1. The Labute approximate surface area is 144 Å². The van der Waals surface area contributed by atoms with Gasteiger partial charge in [-0.2, -0.15) is 14.0 Å². The summed E-state index contributed by atoms with van der Waals surface area (Å²) in [7, 11) is 0. The normalized spacial score (nSPS) is 12.4. The van der Waals surface area contributed by atoms with Gasteiger partial charge in [0.25, 0.3) is 5.91 Å². The first kappa shape index (κ1) is 18.1. The van der Waals surface area contributed by atoms with Gasteiger partial charge in [-0.1, -0.05) is 42.5 Å². The molecule has 2 rings (SSSR count). The van der Waals surface area contributed by atoms with E-state index in [0.717, 1.165) is 5.56 Å². The summed E-state index contributed by atoms with van der Waals surface area (Å²) < 4.78 is 28.5. The highest BCUT2D eigenvalue weighted by Crippen LogP contribution is 2.17. The van der Waals surface area contributed by atoms with E-state index in [1.165, 1.54) is 30.3 Å². The van der Waals surface area contributed by atoms with Gasteiger partial charge in [-0.25, -0.2) is 0 Å². The first-order valence-corrected chi connectivity index (χ1v) is 7.52. The molecule has 0 aliphatic heterocycles. The van der Waals surface area contributed by atoms with Gasteiger partial charge in [-0.05, 0) is 36.3 Å². The van der Waals surface area contributed by atoms with Gasteiger partial charge in [-0.3, -0.25) is 4.79 Å². The second kappa shape index (κ2) is 8.60. The molecule has 4 nitrogen and oxygen atoms in total. The van der Waals surface area contributed by atoms with E-state index in [9.17, 15) is 18.8 Å². The number of carbonyl (C=O) groups is 1. The predicted molar refractivity (Wildman–Crippen MR) is 89.7 cm³/mol. The van der Waals surface area contributed by atoms with Crippen LogP contribution in [0.5, 0.6) is 5.75 Å². The van der Waals surface area contributed by atoms with E-state index in [2.05, 4.69) is 10.1 Å². The Kier molecular flexibility index (Phi) is 6.24. The van der Waals surface area contributed by atoms with Crippen LogP contribution >= 0.6 is 0 Å². The number of hydrogen-bond donors (Lipinski definition) is 1. The summed E-state index contributed by atoms with van der Waals surface area (Å²) >= 11 is 0. The van der Waals surface area contributed by atoms with Crippen LogP contribution in [0, 0.1) is 11.3 Å². The van der Waals surface area contributed by atoms with E-state index < -0.39 is 12.5 Å². The number of alkyl halides is 2. The fraction of sp³-hybridized carbons (Fsp3) is 0.158. The van der Waals surface area contributed by atoms with Gasteiger partial charge in [0.15, 0.2) is 0 Å². The number of hydrogen-bond acceptors (Lipinski definition) is 3. The number of carbonyl (C=O) groups excluding carboxylic acids is 1. The number of rotatable bonds is 6. The highest BCUT2D eigenvalue weighted by atomic mass is 19.3. The number of amides is 1. The largest absolute Gasteiger partial charge is 0.435 e. The molecular formula is C19H16F2N2O2. The van der Waals surface area contributed by atoms with Gasteiger partial charge in [0.05, 0.1) is 6.04 Å².